The number of nitrogens with zero attached hydrogens (tertiary/aromatic N) is 4. The second-order valence-electron chi connectivity index (χ2n) is 6.11. The molecule has 0 spiro atoms. The third kappa shape index (κ3) is 2.33. The van der Waals surface area contributed by atoms with Gasteiger partial charge in [-0.3, -0.25) is 9.25 Å². The second-order valence-corrected chi connectivity index (χ2v) is 6.11. The van der Waals surface area contributed by atoms with Crippen LogP contribution in [0.4, 0.5) is 5.95 Å². The highest BCUT2D eigenvalue weighted by Crippen LogP contribution is 2.27. The van der Waals surface area contributed by atoms with Gasteiger partial charge < -0.3 is 5.73 Å². The standard InChI is InChI=1S/C14H25N5/c1-8(2)11(9(3)4)7-19-13-12(16-14(19)15)10(5)17-18(13)6/h8-9,11H,7H2,1-6H3,(H2,15,16). The van der Waals surface area contributed by atoms with E-state index in [1.807, 2.05) is 18.7 Å². The van der Waals surface area contributed by atoms with Gasteiger partial charge in [0, 0.05) is 13.6 Å². The van der Waals surface area contributed by atoms with Crippen molar-refractivity contribution in [3.05, 3.63) is 5.69 Å². The predicted molar refractivity (Wildman–Crippen MR) is 78.8 cm³/mol. The Morgan fingerprint density at radius 3 is 2.26 bits per heavy atom. The monoisotopic (exact) mass is 263 g/mol. The van der Waals surface area contributed by atoms with Crippen LogP contribution in [0, 0.1) is 24.7 Å². The molecule has 0 fully saturated rings. The largest absolute Gasteiger partial charge is 0.369 e. The summed E-state index contributed by atoms with van der Waals surface area (Å²) in [6, 6.07) is 0. The first-order valence-corrected chi connectivity index (χ1v) is 6.98. The van der Waals surface area contributed by atoms with Gasteiger partial charge in [-0.25, -0.2) is 4.98 Å². The number of anilines is 1. The fourth-order valence-corrected chi connectivity index (χ4v) is 2.93. The van der Waals surface area contributed by atoms with Crippen LogP contribution in [0.25, 0.3) is 11.2 Å². The average Bonchev–Trinajstić information content (AvgIpc) is 2.74. The molecule has 0 saturated heterocycles. The maximum Gasteiger partial charge on any atom is 0.202 e. The number of hydrogen-bond donors (Lipinski definition) is 1. The van der Waals surface area contributed by atoms with Gasteiger partial charge in [0.15, 0.2) is 5.65 Å². The molecule has 5 nitrogen and oxygen atoms in total. The van der Waals surface area contributed by atoms with E-state index in [4.69, 9.17) is 5.73 Å². The highest BCUT2D eigenvalue weighted by Gasteiger charge is 2.22. The highest BCUT2D eigenvalue weighted by atomic mass is 15.3. The molecule has 0 atom stereocenters. The van der Waals surface area contributed by atoms with E-state index in [1.54, 1.807) is 0 Å². The second kappa shape index (κ2) is 4.87. The van der Waals surface area contributed by atoms with E-state index in [0.717, 1.165) is 23.4 Å². The summed E-state index contributed by atoms with van der Waals surface area (Å²) in [4.78, 5) is 4.46. The molecular formula is C14H25N5. The molecule has 0 aromatic carbocycles. The molecule has 5 heteroatoms. The average molecular weight is 263 g/mol. The molecule has 2 aromatic rings. The fourth-order valence-electron chi connectivity index (χ4n) is 2.93. The number of nitrogen functional groups attached to an aromatic ring is 1. The van der Waals surface area contributed by atoms with Gasteiger partial charge >= 0.3 is 0 Å². The summed E-state index contributed by atoms with van der Waals surface area (Å²) in [6.45, 7) is 11.9. The van der Waals surface area contributed by atoms with Gasteiger partial charge in [0.2, 0.25) is 5.95 Å². The molecule has 0 bridgehead atoms. The van der Waals surface area contributed by atoms with Crippen LogP contribution in [-0.2, 0) is 13.6 Å². The molecule has 0 aliphatic rings. The topological polar surface area (TPSA) is 61.7 Å². The quantitative estimate of drug-likeness (QED) is 0.922. The lowest BCUT2D eigenvalue weighted by Gasteiger charge is -2.25. The van der Waals surface area contributed by atoms with Crippen LogP contribution in [0.2, 0.25) is 0 Å². The van der Waals surface area contributed by atoms with Crippen molar-refractivity contribution in [3.63, 3.8) is 0 Å². The zero-order valence-electron chi connectivity index (χ0n) is 12.8. The molecule has 2 N–H and O–H groups in total. The van der Waals surface area contributed by atoms with Gasteiger partial charge in [0.1, 0.15) is 5.52 Å². The minimum atomic E-state index is 0.579. The minimum Gasteiger partial charge on any atom is -0.369 e. The van der Waals surface area contributed by atoms with E-state index in [9.17, 15) is 0 Å². The summed E-state index contributed by atoms with van der Waals surface area (Å²) in [5.41, 5.74) is 8.98. The van der Waals surface area contributed by atoms with Crippen LogP contribution in [0.15, 0.2) is 0 Å². The normalized spacial score (nSPS) is 12.5. The summed E-state index contributed by atoms with van der Waals surface area (Å²) in [5.74, 6) is 2.41. The lowest BCUT2D eigenvalue weighted by atomic mass is 9.85. The molecule has 0 unspecified atom stereocenters. The number of rotatable bonds is 4. The van der Waals surface area contributed by atoms with Crippen LogP contribution in [0.1, 0.15) is 33.4 Å². The minimum absolute atomic E-state index is 0.579. The Labute approximate surface area is 114 Å². The van der Waals surface area contributed by atoms with E-state index in [2.05, 4.69) is 42.3 Å². The number of nitrogens with two attached hydrogens (primary N) is 1. The Morgan fingerprint density at radius 1 is 1.16 bits per heavy atom. The molecule has 19 heavy (non-hydrogen) atoms. The molecule has 2 rings (SSSR count). The van der Waals surface area contributed by atoms with Crippen molar-refractivity contribution in [3.8, 4) is 0 Å². The molecule has 0 amide bonds. The number of imidazole rings is 1. The van der Waals surface area contributed by atoms with Crippen LogP contribution in [0.5, 0.6) is 0 Å². The smallest absolute Gasteiger partial charge is 0.202 e. The first-order valence-electron chi connectivity index (χ1n) is 6.98. The van der Waals surface area contributed by atoms with Gasteiger partial charge in [-0.05, 0) is 24.7 Å². The number of aryl methyl sites for hydroxylation is 2. The van der Waals surface area contributed by atoms with Crippen LogP contribution in [0.3, 0.4) is 0 Å². The van der Waals surface area contributed by atoms with Gasteiger partial charge in [-0.2, -0.15) is 5.10 Å². The van der Waals surface area contributed by atoms with Crippen molar-refractivity contribution in [2.75, 3.05) is 5.73 Å². The van der Waals surface area contributed by atoms with Crippen molar-refractivity contribution < 1.29 is 0 Å². The van der Waals surface area contributed by atoms with E-state index in [-0.39, 0.29) is 0 Å². The maximum absolute atomic E-state index is 6.09. The van der Waals surface area contributed by atoms with E-state index in [0.29, 0.717) is 23.7 Å². The predicted octanol–water partition coefficient (Wildman–Crippen LogP) is 2.59. The third-order valence-electron chi connectivity index (χ3n) is 4.03. The van der Waals surface area contributed by atoms with Crippen molar-refractivity contribution >= 4 is 17.1 Å². The maximum atomic E-state index is 6.09. The van der Waals surface area contributed by atoms with Crippen molar-refractivity contribution in [1.29, 1.82) is 0 Å². The van der Waals surface area contributed by atoms with Gasteiger partial charge in [0.25, 0.3) is 0 Å². The van der Waals surface area contributed by atoms with Gasteiger partial charge in [-0.1, -0.05) is 27.7 Å². The summed E-state index contributed by atoms with van der Waals surface area (Å²) < 4.78 is 3.99. The summed E-state index contributed by atoms with van der Waals surface area (Å²) >= 11 is 0. The van der Waals surface area contributed by atoms with E-state index < -0.39 is 0 Å². The lowest BCUT2D eigenvalue weighted by molar-refractivity contribution is 0.254. The molecule has 0 radical (unpaired) electrons. The molecule has 0 aliphatic heterocycles. The van der Waals surface area contributed by atoms with Gasteiger partial charge in [-0.15, -0.1) is 0 Å². The zero-order chi connectivity index (χ0) is 14.3. The molecular weight excluding hydrogens is 238 g/mol. The third-order valence-corrected chi connectivity index (χ3v) is 4.03. The highest BCUT2D eigenvalue weighted by molar-refractivity contribution is 5.77. The molecule has 2 aromatic heterocycles. The zero-order valence-corrected chi connectivity index (χ0v) is 12.8. The summed E-state index contributed by atoms with van der Waals surface area (Å²) in [5, 5.41) is 4.43. The number of hydrogen-bond acceptors (Lipinski definition) is 3. The summed E-state index contributed by atoms with van der Waals surface area (Å²) in [7, 11) is 1.95. The van der Waals surface area contributed by atoms with E-state index >= 15 is 0 Å². The molecule has 106 valence electrons. The number of fused-ring (bicyclic) bond motifs is 1. The SMILES string of the molecule is Cc1nn(C)c2c1nc(N)n2CC(C(C)C)C(C)C. The molecule has 0 aliphatic carbocycles. The van der Waals surface area contributed by atoms with Crippen molar-refractivity contribution in [2.45, 2.75) is 41.2 Å². The summed E-state index contributed by atoms with van der Waals surface area (Å²) in [6.07, 6.45) is 0. The Morgan fingerprint density at radius 2 is 1.74 bits per heavy atom. The van der Waals surface area contributed by atoms with E-state index in [1.165, 1.54) is 0 Å². The first kappa shape index (κ1) is 13.9. The van der Waals surface area contributed by atoms with Crippen molar-refractivity contribution in [2.24, 2.45) is 24.8 Å². The van der Waals surface area contributed by atoms with Crippen LogP contribution in [-0.4, -0.2) is 19.3 Å². The Bertz CT molecular complexity index is 568. The molecule has 2 heterocycles. The number of aromatic nitrogens is 4. The van der Waals surface area contributed by atoms with Gasteiger partial charge in [0.05, 0.1) is 5.69 Å². The van der Waals surface area contributed by atoms with Crippen LogP contribution < -0.4 is 5.73 Å². The Balaban J connectivity index is 2.47. The first-order chi connectivity index (χ1) is 8.82. The fraction of sp³-hybridized carbons (Fsp3) is 0.714. The van der Waals surface area contributed by atoms with Crippen molar-refractivity contribution in [1.82, 2.24) is 19.3 Å². The Kier molecular flexibility index (Phi) is 3.56. The Hall–Kier alpha value is -1.52. The lowest BCUT2D eigenvalue weighted by Crippen LogP contribution is -2.23. The molecule has 0 saturated carbocycles. The van der Waals surface area contributed by atoms with Crippen LogP contribution >= 0.6 is 0 Å².